The lowest BCUT2D eigenvalue weighted by molar-refractivity contribution is 0.128. The summed E-state index contributed by atoms with van der Waals surface area (Å²) in [4.78, 5) is 30.9. The molecule has 2 aromatic heterocycles. The summed E-state index contributed by atoms with van der Waals surface area (Å²) < 4.78 is 9.67. The minimum Gasteiger partial charge on any atom is -0.384 e. The van der Waals surface area contributed by atoms with Crippen LogP contribution in [0.25, 0.3) is 11.2 Å². The molecule has 0 spiro atoms. The molecule has 4 rings (SSSR count). The SMILES string of the molecule is COC[C@H]1CCCC(Nc2nc3c(c(=O)n(Cc4ccc(Cl)c(Cl)c4)c(=O)n3C)n2C)C1. The summed E-state index contributed by atoms with van der Waals surface area (Å²) in [5.74, 6) is 1.09. The molecule has 1 fully saturated rings. The van der Waals surface area contributed by atoms with E-state index in [0.717, 1.165) is 32.3 Å². The lowest BCUT2D eigenvalue weighted by Gasteiger charge is -2.29. The first-order chi connectivity index (χ1) is 15.3. The van der Waals surface area contributed by atoms with Crippen LogP contribution in [-0.4, -0.2) is 38.4 Å². The van der Waals surface area contributed by atoms with Crippen LogP contribution in [0.15, 0.2) is 27.8 Å². The van der Waals surface area contributed by atoms with E-state index in [1.165, 1.54) is 9.13 Å². The molecular formula is C22H27Cl2N5O3. The van der Waals surface area contributed by atoms with Gasteiger partial charge in [0.05, 0.1) is 16.6 Å². The van der Waals surface area contributed by atoms with Gasteiger partial charge in [-0.3, -0.25) is 13.9 Å². The van der Waals surface area contributed by atoms with E-state index in [-0.39, 0.29) is 12.6 Å². The fourth-order valence-electron chi connectivity index (χ4n) is 4.52. The third kappa shape index (κ3) is 4.31. The monoisotopic (exact) mass is 479 g/mol. The fourth-order valence-corrected chi connectivity index (χ4v) is 4.85. The van der Waals surface area contributed by atoms with E-state index in [2.05, 4.69) is 10.3 Å². The molecule has 1 aliphatic rings. The molecule has 172 valence electrons. The van der Waals surface area contributed by atoms with Gasteiger partial charge in [0.2, 0.25) is 5.95 Å². The standard InChI is InChI=1S/C22H27Cl2N5O3/c1-27-18-19(26-21(27)25-15-6-4-5-14(9-15)12-32-3)28(2)22(31)29(20(18)30)11-13-7-8-16(23)17(24)10-13/h7-8,10,14-15H,4-6,9,11-12H2,1-3H3,(H,25,26)/t14-,15?/m0/s1. The first-order valence-electron chi connectivity index (χ1n) is 10.7. The van der Waals surface area contributed by atoms with Crippen molar-refractivity contribution in [3.8, 4) is 0 Å². The molecule has 8 nitrogen and oxygen atoms in total. The number of imidazole rings is 1. The summed E-state index contributed by atoms with van der Waals surface area (Å²) >= 11 is 12.1. The number of ether oxygens (including phenoxy) is 1. The quantitative estimate of drug-likeness (QED) is 0.585. The Balaban J connectivity index is 1.70. The van der Waals surface area contributed by atoms with Gasteiger partial charge in [-0.1, -0.05) is 35.7 Å². The van der Waals surface area contributed by atoms with E-state index in [4.69, 9.17) is 27.9 Å². The number of nitrogens with one attached hydrogen (secondary N) is 1. The van der Waals surface area contributed by atoms with Crippen molar-refractivity contribution in [3.63, 3.8) is 0 Å². The van der Waals surface area contributed by atoms with Crippen LogP contribution in [0.1, 0.15) is 31.2 Å². The van der Waals surface area contributed by atoms with Crippen LogP contribution in [-0.2, 0) is 25.4 Å². The number of nitrogens with zero attached hydrogens (tertiary/aromatic N) is 4. The number of fused-ring (bicyclic) bond motifs is 1. The molecule has 1 aliphatic carbocycles. The molecule has 0 bridgehead atoms. The van der Waals surface area contributed by atoms with Crippen LogP contribution in [0, 0.1) is 5.92 Å². The lowest BCUT2D eigenvalue weighted by Crippen LogP contribution is -2.39. The molecule has 0 radical (unpaired) electrons. The number of hydrogen-bond donors (Lipinski definition) is 1. The average molecular weight is 480 g/mol. The average Bonchev–Trinajstić information content (AvgIpc) is 3.09. The Kier molecular flexibility index (Phi) is 6.65. The summed E-state index contributed by atoms with van der Waals surface area (Å²) in [6.45, 7) is 0.836. The predicted molar refractivity (Wildman–Crippen MR) is 127 cm³/mol. The normalized spacial score (nSPS) is 18.9. The van der Waals surface area contributed by atoms with E-state index in [9.17, 15) is 9.59 Å². The minimum absolute atomic E-state index is 0.0909. The number of methoxy groups -OCH3 is 1. The zero-order valence-corrected chi connectivity index (χ0v) is 19.9. The van der Waals surface area contributed by atoms with E-state index in [0.29, 0.717) is 38.6 Å². The Bertz CT molecular complexity index is 1260. The highest BCUT2D eigenvalue weighted by Gasteiger charge is 2.25. The van der Waals surface area contributed by atoms with Crippen LogP contribution in [0.4, 0.5) is 5.95 Å². The first-order valence-corrected chi connectivity index (χ1v) is 11.4. The highest BCUT2D eigenvalue weighted by atomic mass is 35.5. The molecule has 1 N–H and O–H groups in total. The predicted octanol–water partition coefficient (Wildman–Crippen LogP) is 3.41. The third-order valence-electron chi connectivity index (χ3n) is 6.20. The maximum atomic E-state index is 13.3. The van der Waals surface area contributed by atoms with Gasteiger partial charge >= 0.3 is 5.69 Å². The van der Waals surface area contributed by atoms with Crippen molar-refractivity contribution in [2.75, 3.05) is 19.0 Å². The van der Waals surface area contributed by atoms with Gasteiger partial charge in [0.25, 0.3) is 5.56 Å². The number of anilines is 1. The highest BCUT2D eigenvalue weighted by molar-refractivity contribution is 6.42. The molecule has 1 unspecified atom stereocenters. The molecule has 0 aliphatic heterocycles. The van der Waals surface area contributed by atoms with Crippen LogP contribution in [0.2, 0.25) is 10.0 Å². The third-order valence-corrected chi connectivity index (χ3v) is 6.94. The highest BCUT2D eigenvalue weighted by Crippen LogP contribution is 2.27. The van der Waals surface area contributed by atoms with E-state index in [1.807, 2.05) is 0 Å². The summed E-state index contributed by atoms with van der Waals surface area (Å²) in [6, 6.07) is 5.31. The number of benzene rings is 1. The second-order valence-corrected chi connectivity index (χ2v) is 9.29. The van der Waals surface area contributed by atoms with Gasteiger partial charge < -0.3 is 14.6 Å². The fraction of sp³-hybridized carbons (Fsp3) is 0.500. The number of aromatic nitrogens is 4. The van der Waals surface area contributed by atoms with Gasteiger partial charge in [-0.25, -0.2) is 4.79 Å². The number of halogens is 2. The second kappa shape index (κ2) is 9.29. The van der Waals surface area contributed by atoms with Crippen LogP contribution >= 0.6 is 23.2 Å². The largest absolute Gasteiger partial charge is 0.384 e. The smallest absolute Gasteiger partial charge is 0.332 e. The van der Waals surface area contributed by atoms with Crippen LogP contribution in [0.3, 0.4) is 0 Å². The molecule has 2 heterocycles. The summed E-state index contributed by atoms with van der Waals surface area (Å²) in [6.07, 6.45) is 4.29. The van der Waals surface area contributed by atoms with Gasteiger partial charge in [0, 0.05) is 33.9 Å². The maximum absolute atomic E-state index is 13.3. The second-order valence-electron chi connectivity index (χ2n) is 8.48. The molecule has 32 heavy (non-hydrogen) atoms. The maximum Gasteiger partial charge on any atom is 0.332 e. The van der Waals surface area contributed by atoms with E-state index >= 15 is 0 Å². The Labute approximate surface area is 195 Å². The molecule has 1 saturated carbocycles. The molecule has 10 heteroatoms. The zero-order chi connectivity index (χ0) is 23.0. The minimum atomic E-state index is -0.434. The molecule has 0 amide bonds. The molecule has 1 aromatic carbocycles. The van der Waals surface area contributed by atoms with Gasteiger partial charge in [-0.15, -0.1) is 0 Å². The van der Waals surface area contributed by atoms with Crippen LogP contribution < -0.4 is 16.6 Å². The van der Waals surface area contributed by atoms with Crippen molar-refractivity contribution in [1.29, 1.82) is 0 Å². The summed E-state index contributed by atoms with van der Waals surface area (Å²) in [7, 11) is 5.15. The Morgan fingerprint density at radius 3 is 2.66 bits per heavy atom. The number of rotatable bonds is 6. The zero-order valence-electron chi connectivity index (χ0n) is 18.4. The molecule has 2 atom stereocenters. The van der Waals surface area contributed by atoms with Crippen molar-refractivity contribution >= 4 is 40.3 Å². The van der Waals surface area contributed by atoms with Crippen molar-refractivity contribution < 1.29 is 4.74 Å². The van der Waals surface area contributed by atoms with Crippen molar-refractivity contribution in [2.24, 2.45) is 20.0 Å². The summed E-state index contributed by atoms with van der Waals surface area (Å²) in [5, 5.41) is 4.28. The van der Waals surface area contributed by atoms with Crippen molar-refractivity contribution in [2.45, 2.75) is 38.3 Å². The Hall–Kier alpha value is -2.29. The number of hydrogen-bond acceptors (Lipinski definition) is 5. The molecule has 0 saturated heterocycles. The Morgan fingerprint density at radius 1 is 1.16 bits per heavy atom. The topological polar surface area (TPSA) is 83.1 Å². The molecule has 3 aromatic rings. The Morgan fingerprint density at radius 2 is 1.94 bits per heavy atom. The number of aryl methyl sites for hydroxylation is 2. The van der Waals surface area contributed by atoms with Crippen molar-refractivity contribution in [3.05, 3.63) is 54.6 Å². The van der Waals surface area contributed by atoms with Gasteiger partial charge in [-0.2, -0.15) is 4.98 Å². The van der Waals surface area contributed by atoms with Gasteiger partial charge in [-0.05, 0) is 42.9 Å². The van der Waals surface area contributed by atoms with Gasteiger partial charge in [0.1, 0.15) is 0 Å². The van der Waals surface area contributed by atoms with Gasteiger partial charge in [0.15, 0.2) is 11.2 Å². The first kappa shape index (κ1) is 22.9. The van der Waals surface area contributed by atoms with E-state index < -0.39 is 11.2 Å². The van der Waals surface area contributed by atoms with E-state index in [1.54, 1.807) is 44.0 Å². The van der Waals surface area contributed by atoms with Crippen LogP contribution in [0.5, 0.6) is 0 Å². The lowest BCUT2D eigenvalue weighted by atomic mass is 9.86. The molecular weight excluding hydrogens is 453 g/mol. The summed E-state index contributed by atoms with van der Waals surface area (Å²) in [5.41, 5.74) is 0.623. The van der Waals surface area contributed by atoms with Crippen molar-refractivity contribution in [1.82, 2.24) is 18.7 Å².